The van der Waals surface area contributed by atoms with Crippen molar-refractivity contribution < 1.29 is 14.3 Å². The van der Waals surface area contributed by atoms with Gasteiger partial charge in [-0.1, -0.05) is 25.8 Å². The molecule has 2 atom stereocenters. The molecule has 4 heteroatoms. The molecule has 1 aromatic carbocycles. The van der Waals surface area contributed by atoms with E-state index in [0.29, 0.717) is 29.9 Å². The zero-order chi connectivity index (χ0) is 15.2. The van der Waals surface area contributed by atoms with Gasteiger partial charge in [-0.25, -0.2) is 0 Å². The lowest BCUT2D eigenvalue weighted by atomic mass is 9.86. The summed E-state index contributed by atoms with van der Waals surface area (Å²) >= 11 is 0. The maximum atomic E-state index is 12.2. The van der Waals surface area contributed by atoms with Crippen LogP contribution < -0.4 is 14.8 Å². The number of ether oxygens (including phenoxy) is 2. The SMILES string of the molecule is COc1ccc(CC(=O)N[C@@H]2CCCC[C@H]2C)cc1OC. The molecule has 4 nitrogen and oxygen atoms in total. The van der Waals surface area contributed by atoms with Crippen LogP contribution in [0.3, 0.4) is 0 Å². The highest BCUT2D eigenvalue weighted by Gasteiger charge is 2.22. The van der Waals surface area contributed by atoms with E-state index in [-0.39, 0.29) is 5.91 Å². The molecule has 0 aromatic heterocycles. The molecule has 0 spiro atoms. The number of rotatable bonds is 5. The minimum atomic E-state index is 0.0842. The highest BCUT2D eigenvalue weighted by molar-refractivity contribution is 5.79. The predicted octanol–water partition coefficient (Wildman–Crippen LogP) is 2.94. The van der Waals surface area contributed by atoms with Crippen molar-refractivity contribution >= 4 is 5.91 Å². The van der Waals surface area contributed by atoms with E-state index in [1.807, 2.05) is 18.2 Å². The third-order valence-corrected chi connectivity index (χ3v) is 4.27. The van der Waals surface area contributed by atoms with Crippen LogP contribution in [0.15, 0.2) is 18.2 Å². The molecule has 1 N–H and O–H groups in total. The number of hydrogen-bond acceptors (Lipinski definition) is 3. The van der Waals surface area contributed by atoms with E-state index >= 15 is 0 Å². The van der Waals surface area contributed by atoms with Crippen molar-refractivity contribution in [3.8, 4) is 11.5 Å². The lowest BCUT2D eigenvalue weighted by molar-refractivity contribution is -0.121. The minimum Gasteiger partial charge on any atom is -0.493 e. The van der Waals surface area contributed by atoms with E-state index < -0.39 is 0 Å². The van der Waals surface area contributed by atoms with Crippen LogP contribution >= 0.6 is 0 Å². The summed E-state index contributed by atoms with van der Waals surface area (Å²) in [5.74, 6) is 2.01. The molecule has 0 unspecified atom stereocenters. The molecular formula is C17H25NO3. The highest BCUT2D eigenvalue weighted by Crippen LogP contribution is 2.28. The van der Waals surface area contributed by atoms with Crippen molar-refractivity contribution in [2.75, 3.05) is 14.2 Å². The van der Waals surface area contributed by atoms with Gasteiger partial charge in [0.1, 0.15) is 0 Å². The van der Waals surface area contributed by atoms with Gasteiger partial charge in [0.15, 0.2) is 11.5 Å². The van der Waals surface area contributed by atoms with Crippen molar-refractivity contribution in [3.05, 3.63) is 23.8 Å². The van der Waals surface area contributed by atoms with Crippen molar-refractivity contribution in [1.29, 1.82) is 0 Å². The molecule has 0 radical (unpaired) electrons. The zero-order valence-corrected chi connectivity index (χ0v) is 13.1. The molecule has 0 heterocycles. The predicted molar refractivity (Wildman–Crippen MR) is 82.8 cm³/mol. The summed E-state index contributed by atoms with van der Waals surface area (Å²) in [5, 5.41) is 3.17. The summed E-state index contributed by atoms with van der Waals surface area (Å²) in [6.45, 7) is 2.22. The van der Waals surface area contributed by atoms with Crippen LogP contribution in [-0.2, 0) is 11.2 Å². The lowest BCUT2D eigenvalue weighted by Gasteiger charge is -2.29. The highest BCUT2D eigenvalue weighted by atomic mass is 16.5. The number of carbonyl (C=O) groups is 1. The second-order valence-corrected chi connectivity index (χ2v) is 5.80. The summed E-state index contributed by atoms with van der Waals surface area (Å²) < 4.78 is 10.5. The van der Waals surface area contributed by atoms with Gasteiger partial charge in [-0.15, -0.1) is 0 Å². The van der Waals surface area contributed by atoms with Crippen LogP contribution in [0.25, 0.3) is 0 Å². The van der Waals surface area contributed by atoms with Crippen LogP contribution in [0.4, 0.5) is 0 Å². The van der Waals surface area contributed by atoms with Gasteiger partial charge in [0, 0.05) is 6.04 Å². The Hall–Kier alpha value is -1.71. The average molecular weight is 291 g/mol. The summed E-state index contributed by atoms with van der Waals surface area (Å²) in [6, 6.07) is 5.94. The third-order valence-electron chi connectivity index (χ3n) is 4.27. The maximum Gasteiger partial charge on any atom is 0.224 e. The molecule has 1 aliphatic carbocycles. The minimum absolute atomic E-state index is 0.0842. The quantitative estimate of drug-likeness (QED) is 0.907. The first kappa shape index (κ1) is 15.7. The van der Waals surface area contributed by atoms with Gasteiger partial charge >= 0.3 is 0 Å². The largest absolute Gasteiger partial charge is 0.493 e. The Morgan fingerprint density at radius 1 is 1.19 bits per heavy atom. The molecule has 116 valence electrons. The van der Waals surface area contributed by atoms with Crippen molar-refractivity contribution in [2.24, 2.45) is 5.92 Å². The molecule has 1 amide bonds. The monoisotopic (exact) mass is 291 g/mol. The first-order chi connectivity index (χ1) is 10.1. The number of nitrogens with one attached hydrogen (secondary N) is 1. The summed E-state index contributed by atoms with van der Waals surface area (Å²) in [6.07, 6.45) is 5.18. The molecule has 0 bridgehead atoms. The molecule has 1 aromatic rings. The number of hydrogen-bond donors (Lipinski definition) is 1. The van der Waals surface area contributed by atoms with Gasteiger partial charge in [-0.3, -0.25) is 4.79 Å². The molecule has 1 fully saturated rings. The first-order valence-corrected chi connectivity index (χ1v) is 7.64. The van der Waals surface area contributed by atoms with Crippen LogP contribution in [0.2, 0.25) is 0 Å². The van der Waals surface area contributed by atoms with Crippen LogP contribution in [0, 0.1) is 5.92 Å². The topological polar surface area (TPSA) is 47.6 Å². The van der Waals surface area contributed by atoms with E-state index in [4.69, 9.17) is 9.47 Å². The van der Waals surface area contributed by atoms with E-state index in [2.05, 4.69) is 12.2 Å². The van der Waals surface area contributed by atoms with Crippen LogP contribution in [0.1, 0.15) is 38.2 Å². The molecule has 1 saturated carbocycles. The van der Waals surface area contributed by atoms with Gasteiger partial charge in [0.25, 0.3) is 0 Å². The first-order valence-electron chi connectivity index (χ1n) is 7.64. The standard InChI is InChI=1S/C17H25NO3/c1-12-6-4-5-7-14(12)18-17(19)11-13-8-9-15(20-2)16(10-13)21-3/h8-10,12,14H,4-7,11H2,1-3H3,(H,18,19)/t12-,14-/m1/s1. The van der Waals surface area contributed by atoms with Crippen molar-refractivity contribution in [1.82, 2.24) is 5.32 Å². The molecule has 2 rings (SSSR count). The number of amides is 1. The molecule has 1 aliphatic rings. The van der Waals surface area contributed by atoms with Crippen molar-refractivity contribution in [3.63, 3.8) is 0 Å². The number of benzene rings is 1. The number of carbonyl (C=O) groups excluding carboxylic acids is 1. The Kier molecular flexibility index (Phi) is 5.48. The van der Waals surface area contributed by atoms with Gasteiger partial charge < -0.3 is 14.8 Å². The fourth-order valence-electron chi connectivity index (χ4n) is 2.96. The summed E-state index contributed by atoms with van der Waals surface area (Å²) in [4.78, 5) is 12.2. The van der Waals surface area contributed by atoms with Crippen LogP contribution in [-0.4, -0.2) is 26.2 Å². The fraction of sp³-hybridized carbons (Fsp3) is 0.588. The van der Waals surface area contributed by atoms with E-state index in [1.165, 1.54) is 19.3 Å². The van der Waals surface area contributed by atoms with Gasteiger partial charge in [-0.2, -0.15) is 0 Å². The molecule has 0 aliphatic heterocycles. The summed E-state index contributed by atoms with van der Waals surface area (Å²) in [5.41, 5.74) is 0.939. The van der Waals surface area contributed by atoms with Crippen molar-refractivity contribution in [2.45, 2.75) is 45.1 Å². The normalized spacial score (nSPS) is 21.7. The zero-order valence-electron chi connectivity index (χ0n) is 13.1. The maximum absolute atomic E-state index is 12.2. The van der Waals surface area contributed by atoms with Crippen LogP contribution in [0.5, 0.6) is 11.5 Å². The Balaban J connectivity index is 1.96. The molecular weight excluding hydrogens is 266 g/mol. The molecule has 0 saturated heterocycles. The lowest BCUT2D eigenvalue weighted by Crippen LogP contribution is -2.41. The van der Waals surface area contributed by atoms with E-state index in [0.717, 1.165) is 12.0 Å². The Bertz CT molecular complexity index is 487. The molecule has 21 heavy (non-hydrogen) atoms. The van der Waals surface area contributed by atoms with Gasteiger partial charge in [-0.05, 0) is 36.5 Å². The number of methoxy groups -OCH3 is 2. The third kappa shape index (κ3) is 4.13. The second kappa shape index (κ2) is 7.34. The smallest absolute Gasteiger partial charge is 0.224 e. The second-order valence-electron chi connectivity index (χ2n) is 5.80. The van der Waals surface area contributed by atoms with Gasteiger partial charge in [0.2, 0.25) is 5.91 Å². The Morgan fingerprint density at radius 2 is 1.90 bits per heavy atom. The average Bonchev–Trinajstić information content (AvgIpc) is 2.49. The Labute approximate surface area is 126 Å². The van der Waals surface area contributed by atoms with Gasteiger partial charge in [0.05, 0.1) is 20.6 Å². The fourth-order valence-corrected chi connectivity index (χ4v) is 2.96. The Morgan fingerprint density at radius 3 is 2.57 bits per heavy atom. The van der Waals surface area contributed by atoms with E-state index in [1.54, 1.807) is 14.2 Å². The van der Waals surface area contributed by atoms with E-state index in [9.17, 15) is 4.79 Å². The summed E-state index contributed by atoms with van der Waals surface area (Å²) in [7, 11) is 3.21.